The molecule has 244 valence electrons. The third-order valence-electron chi connectivity index (χ3n) is 10.1. The lowest BCUT2D eigenvalue weighted by atomic mass is 9.78. The van der Waals surface area contributed by atoms with Crippen LogP contribution in [0.25, 0.3) is 0 Å². The first-order valence-electron chi connectivity index (χ1n) is 16.4. The Bertz CT molecular complexity index is 1820. The zero-order valence-corrected chi connectivity index (χ0v) is 29.0. The Hall–Kier alpha value is -2.82. The van der Waals surface area contributed by atoms with Gasteiger partial charge in [-0.15, -0.1) is 11.3 Å². The Kier molecular flexibility index (Phi) is 10.2. The molecule has 9 heteroatoms. The SMILES string of the molecule is CN(CC1(CCN2CCC(CCCc3ccccc3)CC2)CCc2ccccc21)S(=O)(=O)c1ccc(S(=O)(=O)c2ccccc2)s1. The van der Waals surface area contributed by atoms with Crippen LogP contribution in [0, 0.1) is 5.92 Å². The fourth-order valence-electron chi connectivity index (χ4n) is 7.34. The number of benzene rings is 3. The number of fused-ring (bicyclic) bond motifs is 1. The van der Waals surface area contributed by atoms with Crippen LogP contribution >= 0.6 is 11.3 Å². The molecule has 6 nitrogen and oxygen atoms in total. The van der Waals surface area contributed by atoms with Crippen LogP contribution in [0.5, 0.6) is 0 Å². The van der Waals surface area contributed by atoms with Gasteiger partial charge in [0.05, 0.1) is 4.90 Å². The van der Waals surface area contributed by atoms with E-state index in [9.17, 15) is 16.8 Å². The van der Waals surface area contributed by atoms with E-state index in [1.165, 1.54) is 70.9 Å². The summed E-state index contributed by atoms with van der Waals surface area (Å²) in [7, 11) is -6.04. The molecule has 0 bridgehead atoms. The summed E-state index contributed by atoms with van der Waals surface area (Å²) in [4.78, 5) is 2.73. The molecule has 4 aromatic rings. The van der Waals surface area contributed by atoms with Gasteiger partial charge in [-0.2, -0.15) is 4.31 Å². The average Bonchev–Trinajstić information content (AvgIpc) is 3.73. The minimum atomic E-state index is -3.89. The minimum absolute atomic E-state index is 0.0371. The van der Waals surface area contributed by atoms with E-state index in [0.717, 1.165) is 62.6 Å². The molecule has 2 heterocycles. The van der Waals surface area contributed by atoms with Crippen LogP contribution in [0.1, 0.15) is 55.2 Å². The fraction of sp³-hybridized carbons (Fsp3) is 0.405. The molecule has 0 saturated carbocycles. The molecule has 0 spiro atoms. The van der Waals surface area contributed by atoms with Crippen molar-refractivity contribution >= 4 is 31.2 Å². The second-order valence-corrected chi connectivity index (χ2v) is 18.5. The van der Waals surface area contributed by atoms with Crippen LogP contribution in [0.3, 0.4) is 0 Å². The van der Waals surface area contributed by atoms with Crippen molar-refractivity contribution in [3.05, 3.63) is 114 Å². The average molecular weight is 677 g/mol. The zero-order valence-electron chi connectivity index (χ0n) is 26.6. The number of hydrogen-bond acceptors (Lipinski definition) is 6. The number of aryl methyl sites for hydroxylation is 2. The van der Waals surface area contributed by atoms with E-state index in [-0.39, 0.29) is 18.7 Å². The normalized spacial score (nSPS) is 19.4. The summed E-state index contributed by atoms with van der Waals surface area (Å²) in [5, 5.41) is 0. The summed E-state index contributed by atoms with van der Waals surface area (Å²) in [5.74, 6) is 0.777. The van der Waals surface area contributed by atoms with Gasteiger partial charge >= 0.3 is 0 Å². The van der Waals surface area contributed by atoms with Crippen molar-refractivity contribution in [3.63, 3.8) is 0 Å². The predicted molar refractivity (Wildman–Crippen MR) is 186 cm³/mol. The highest BCUT2D eigenvalue weighted by Gasteiger charge is 2.42. The molecule has 1 unspecified atom stereocenters. The van der Waals surface area contributed by atoms with Crippen molar-refractivity contribution in [2.45, 2.75) is 70.1 Å². The fourth-order valence-corrected chi connectivity index (χ4v) is 12.0. The Morgan fingerprint density at radius 1 is 0.826 bits per heavy atom. The number of nitrogens with zero attached hydrogens (tertiary/aromatic N) is 2. The van der Waals surface area contributed by atoms with Gasteiger partial charge in [-0.05, 0) is 111 Å². The van der Waals surface area contributed by atoms with Crippen molar-refractivity contribution in [2.75, 3.05) is 33.2 Å². The molecule has 1 aliphatic heterocycles. The van der Waals surface area contributed by atoms with Crippen LogP contribution in [-0.4, -0.2) is 59.3 Å². The molecule has 0 N–H and O–H groups in total. The highest BCUT2D eigenvalue weighted by Crippen LogP contribution is 2.43. The van der Waals surface area contributed by atoms with E-state index in [1.54, 1.807) is 25.2 Å². The summed E-state index contributed by atoms with van der Waals surface area (Å²) in [6, 6.07) is 30.2. The van der Waals surface area contributed by atoms with Gasteiger partial charge in [-0.1, -0.05) is 79.2 Å². The summed E-state index contributed by atoms with van der Waals surface area (Å²) in [5.41, 5.74) is 3.69. The molecule has 46 heavy (non-hydrogen) atoms. The molecule has 1 atom stereocenters. The largest absolute Gasteiger partial charge is 0.303 e. The van der Waals surface area contributed by atoms with Gasteiger partial charge in [0, 0.05) is 19.0 Å². The quantitative estimate of drug-likeness (QED) is 0.150. The van der Waals surface area contributed by atoms with Crippen LogP contribution in [0.4, 0.5) is 0 Å². The van der Waals surface area contributed by atoms with Crippen LogP contribution < -0.4 is 0 Å². The Morgan fingerprint density at radius 3 is 2.22 bits per heavy atom. The summed E-state index contributed by atoms with van der Waals surface area (Å²) < 4.78 is 55.7. The maximum absolute atomic E-state index is 13.9. The Balaban J connectivity index is 1.11. The predicted octanol–water partition coefficient (Wildman–Crippen LogP) is 7.21. The molecule has 1 aromatic heterocycles. The number of sulfone groups is 1. The maximum atomic E-state index is 13.9. The van der Waals surface area contributed by atoms with Crippen LogP contribution in [-0.2, 0) is 38.1 Å². The van der Waals surface area contributed by atoms with Crippen molar-refractivity contribution in [2.24, 2.45) is 5.92 Å². The standard InChI is InChI=1S/C37H44N2O4S3/c1-38(46(42,43)36-20-19-35(44-36)45(40,41)33-16-6-3-7-17-33)29-37(24-21-32-15-8-9-18-34(32)37)25-28-39-26-22-31(23-27-39)14-10-13-30-11-4-2-5-12-30/h2-9,11-12,15-20,31H,10,13-14,21-29H2,1H3. The lowest BCUT2D eigenvalue weighted by molar-refractivity contribution is 0.158. The number of piperidine rings is 1. The van der Waals surface area contributed by atoms with Crippen molar-refractivity contribution in [3.8, 4) is 0 Å². The van der Waals surface area contributed by atoms with E-state index < -0.39 is 19.9 Å². The second kappa shape index (κ2) is 14.1. The molecular weight excluding hydrogens is 633 g/mol. The first-order chi connectivity index (χ1) is 22.2. The number of hydrogen-bond donors (Lipinski definition) is 0. The van der Waals surface area contributed by atoms with Gasteiger partial charge in [-0.3, -0.25) is 0 Å². The van der Waals surface area contributed by atoms with Gasteiger partial charge in [0.1, 0.15) is 8.42 Å². The van der Waals surface area contributed by atoms with Crippen molar-refractivity contribution < 1.29 is 16.8 Å². The zero-order chi connectivity index (χ0) is 32.2. The van der Waals surface area contributed by atoms with Gasteiger partial charge in [0.2, 0.25) is 9.84 Å². The molecule has 1 fully saturated rings. The van der Waals surface area contributed by atoms with Gasteiger partial charge in [0.15, 0.2) is 0 Å². The van der Waals surface area contributed by atoms with Crippen LogP contribution in [0.2, 0.25) is 0 Å². The third-order valence-corrected chi connectivity index (χ3v) is 15.7. The first-order valence-corrected chi connectivity index (χ1v) is 20.1. The van der Waals surface area contributed by atoms with E-state index in [4.69, 9.17) is 0 Å². The topological polar surface area (TPSA) is 74.8 Å². The van der Waals surface area contributed by atoms with E-state index in [1.807, 2.05) is 0 Å². The van der Waals surface area contributed by atoms with E-state index >= 15 is 0 Å². The number of sulfonamides is 1. The smallest absolute Gasteiger partial charge is 0.252 e. The monoisotopic (exact) mass is 676 g/mol. The highest BCUT2D eigenvalue weighted by atomic mass is 32.3. The minimum Gasteiger partial charge on any atom is -0.303 e. The molecule has 2 aliphatic rings. The van der Waals surface area contributed by atoms with Gasteiger partial charge in [-0.25, -0.2) is 16.8 Å². The summed E-state index contributed by atoms with van der Waals surface area (Å²) in [6.07, 6.45) is 8.83. The summed E-state index contributed by atoms with van der Waals surface area (Å²) >= 11 is 0.827. The lowest BCUT2D eigenvalue weighted by Crippen LogP contribution is -2.44. The molecule has 1 aliphatic carbocycles. The molecule has 0 radical (unpaired) electrons. The molecule has 6 rings (SSSR count). The van der Waals surface area contributed by atoms with Crippen molar-refractivity contribution in [1.29, 1.82) is 0 Å². The van der Waals surface area contributed by atoms with Gasteiger partial charge in [0.25, 0.3) is 10.0 Å². The Morgan fingerprint density at radius 2 is 1.48 bits per heavy atom. The Labute approximate surface area is 279 Å². The molecular formula is C37H44N2O4S3. The molecule has 1 saturated heterocycles. The number of thiophene rings is 1. The number of likely N-dealkylation sites (N-methyl/N-ethyl adjacent to an activating group) is 1. The second-order valence-electron chi connectivity index (χ2n) is 13.0. The summed E-state index contributed by atoms with van der Waals surface area (Å²) in [6.45, 7) is 3.49. The lowest BCUT2D eigenvalue weighted by Gasteiger charge is -2.38. The maximum Gasteiger partial charge on any atom is 0.252 e. The number of likely N-dealkylation sites (tertiary alicyclic amines) is 1. The van der Waals surface area contributed by atoms with Crippen LogP contribution in [0.15, 0.2) is 110 Å². The highest BCUT2D eigenvalue weighted by molar-refractivity contribution is 7.95. The third kappa shape index (κ3) is 7.19. The van der Waals surface area contributed by atoms with Crippen molar-refractivity contribution in [1.82, 2.24) is 9.21 Å². The first kappa shape index (κ1) is 33.1. The molecule has 0 amide bonds. The molecule has 3 aromatic carbocycles. The van der Waals surface area contributed by atoms with Gasteiger partial charge < -0.3 is 4.90 Å². The van der Waals surface area contributed by atoms with E-state index in [2.05, 4.69) is 59.5 Å². The van der Waals surface area contributed by atoms with E-state index in [0.29, 0.717) is 6.54 Å². The number of rotatable bonds is 13.